The van der Waals surface area contributed by atoms with Gasteiger partial charge in [-0.05, 0) is 23.1 Å². The van der Waals surface area contributed by atoms with E-state index in [0.717, 1.165) is 5.56 Å². The number of phenols is 2. The van der Waals surface area contributed by atoms with Crippen LogP contribution in [0.25, 0.3) is 22.3 Å². The first-order chi connectivity index (χ1) is 20.8. The Morgan fingerprint density at radius 1 is 0.930 bits per heavy atom. The molecule has 0 aliphatic carbocycles. The molecule has 1 aromatic heterocycles. The van der Waals surface area contributed by atoms with E-state index in [9.17, 15) is 19.8 Å². The summed E-state index contributed by atoms with van der Waals surface area (Å²) >= 11 is 0. The van der Waals surface area contributed by atoms with Gasteiger partial charge >= 0.3 is 5.97 Å². The number of para-hydroxylation sites is 1. The van der Waals surface area contributed by atoms with Crippen LogP contribution in [0.3, 0.4) is 0 Å². The van der Waals surface area contributed by atoms with Crippen LogP contribution in [0.1, 0.15) is 54.4 Å². The van der Waals surface area contributed by atoms with Crippen molar-refractivity contribution in [1.29, 1.82) is 0 Å². The number of phenolic OH excluding ortho intramolecular Hbond substituents is 2. The van der Waals surface area contributed by atoms with Gasteiger partial charge in [0.2, 0.25) is 5.75 Å². The molecule has 0 spiro atoms. The summed E-state index contributed by atoms with van der Waals surface area (Å²) in [6.45, 7) is 4.49. The molecule has 0 amide bonds. The summed E-state index contributed by atoms with van der Waals surface area (Å²) in [6, 6.07) is 23.8. The number of esters is 1. The highest BCUT2D eigenvalue weighted by Gasteiger charge is 2.38. The molecule has 1 aliphatic heterocycles. The van der Waals surface area contributed by atoms with E-state index in [0.29, 0.717) is 28.5 Å². The van der Waals surface area contributed by atoms with Crippen LogP contribution in [0.2, 0.25) is 0 Å². The molecule has 0 radical (unpaired) electrons. The van der Waals surface area contributed by atoms with Crippen molar-refractivity contribution in [3.05, 3.63) is 111 Å². The standard InChI is InChI=1S/C35H30O8/c1-19(2)21-14-12-20(13-15-21)18-41-33-23(10-7-11-26(33)40-3)24-16-28(37)43-35-29(24)34-30(31(38)32(35)39)25(36)17-27(42-34)22-8-5-4-6-9-22/h4-15,17,19,24,38-39H,16,18H2,1-3H3. The predicted molar refractivity (Wildman–Crippen MR) is 161 cm³/mol. The summed E-state index contributed by atoms with van der Waals surface area (Å²) in [5.74, 6) is -1.61. The number of fused-ring (bicyclic) bond motifs is 3. The molecular formula is C35H30O8. The minimum Gasteiger partial charge on any atom is -0.504 e. The number of rotatable bonds is 7. The second-order valence-corrected chi connectivity index (χ2v) is 10.8. The Balaban J connectivity index is 1.53. The van der Waals surface area contributed by atoms with Crippen LogP contribution in [0, 0.1) is 0 Å². The first-order valence-electron chi connectivity index (χ1n) is 14.0. The van der Waals surface area contributed by atoms with Gasteiger partial charge in [0.25, 0.3) is 0 Å². The average molecular weight is 579 g/mol. The van der Waals surface area contributed by atoms with E-state index in [1.54, 1.807) is 30.3 Å². The molecule has 8 nitrogen and oxygen atoms in total. The lowest BCUT2D eigenvalue weighted by atomic mass is 9.84. The van der Waals surface area contributed by atoms with Crippen molar-refractivity contribution in [2.75, 3.05) is 7.11 Å². The highest BCUT2D eigenvalue weighted by atomic mass is 16.5. The molecule has 8 heteroatoms. The van der Waals surface area contributed by atoms with Crippen LogP contribution in [0.15, 0.2) is 88.1 Å². The monoisotopic (exact) mass is 578 g/mol. The van der Waals surface area contributed by atoms with E-state index in [-0.39, 0.29) is 41.1 Å². The van der Waals surface area contributed by atoms with Crippen LogP contribution in [0.5, 0.6) is 28.7 Å². The molecule has 0 saturated carbocycles. The normalized spacial score (nSPS) is 14.4. The summed E-state index contributed by atoms with van der Waals surface area (Å²) in [5, 5.41) is 21.6. The second kappa shape index (κ2) is 11.2. The number of ether oxygens (including phenoxy) is 3. The van der Waals surface area contributed by atoms with E-state index < -0.39 is 28.8 Å². The third-order valence-corrected chi connectivity index (χ3v) is 7.74. The summed E-state index contributed by atoms with van der Waals surface area (Å²) in [7, 11) is 1.52. The first-order valence-corrected chi connectivity index (χ1v) is 14.0. The maximum atomic E-state index is 13.3. The molecular weight excluding hydrogens is 548 g/mol. The molecule has 2 heterocycles. The third kappa shape index (κ3) is 5.05. The van der Waals surface area contributed by atoms with Gasteiger partial charge in [-0.15, -0.1) is 0 Å². The van der Waals surface area contributed by atoms with Crippen molar-refractivity contribution in [3.8, 4) is 40.1 Å². The molecule has 0 bridgehead atoms. The van der Waals surface area contributed by atoms with Gasteiger partial charge in [0, 0.05) is 23.1 Å². The van der Waals surface area contributed by atoms with Crippen LogP contribution in [-0.2, 0) is 11.4 Å². The number of methoxy groups -OCH3 is 1. The molecule has 1 aliphatic rings. The molecule has 6 rings (SSSR count). The number of hydrogen-bond acceptors (Lipinski definition) is 8. The van der Waals surface area contributed by atoms with Gasteiger partial charge in [0.15, 0.2) is 28.4 Å². The van der Waals surface area contributed by atoms with E-state index in [2.05, 4.69) is 26.0 Å². The molecule has 2 N–H and O–H groups in total. The molecule has 0 fully saturated rings. The minimum atomic E-state index is -0.771. The number of carbonyl (C=O) groups is 1. The number of benzene rings is 4. The van der Waals surface area contributed by atoms with Crippen molar-refractivity contribution in [2.24, 2.45) is 0 Å². The molecule has 5 aromatic rings. The Bertz CT molecular complexity index is 1890. The maximum Gasteiger partial charge on any atom is 0.312 e. The number of carbonyl (C=O) groups excluding carboxylic acids is 1. The van der Waals surface area contributed by atoms with E-state index in [1.165, 1.54) is 18.7 Å². The Labute approximate surface area is 247 Å². The maximum absolute atomic E-state index is 13.3. The van der Waals surface area contributed by atoms with Gasteiger partial charge in [-0.25, -0.2) is 0 Å². The van der Waals surface area contributed by atoms with Crippen LogP contribution >= 0.6 is 0 Å². The predicted octanol–water partition coefficient (Wildman–Crippen LogP) is 7.02. The second-order valence-electron chi connectivity index (χ2n) is 10.8. The lowest BCUT2D eigenvalue weighted by molar-refractivity contribution is -0.135. The first kappa shape index (κ1) is 27.9. The zero-order valence-corrected chi connectivity index (χ0v) is 23.9. The summed E-state index contributed by atoms with van der Waals surface area (Å²) in [5.41, 5.74) is 3.06. The highest BCUT2D eigenvalue weighted by Crippen LogP contribution is 2.54. The van der Waals surface area contributed by atoms with Gasteiger partial charge in [-0.3, -0.25) is 9.59 Å². The van der Waals surface area contributed by atoms with Gasteiger partial charge in [0.05, 0.1) is 19.1 Å². The average Bonchev–Trinajstić information content (AvgIpc) is 3.02. The van der Waals surface area contributed by atoms with Gasteiger partial charge in [-0.2, -0.15) is 0 Å². The minimum absolute atomic E-state index is 0.00666. The molecule has 1 atom stereocenters. The molecule has 4 aromatic carbocycles. The lowest BCUT2D eigenvalue weighted by Crippen LogP contribution is -2.22. The molecule has 1 unspecified atom stereocenters. The molecule has 43 heavy (non-hydrogen) atoms. The smallest absolute Gasteiger partial charge is 0.312 e. The van der Waals surface area contributed by atoms with Crippen LogP contribution in [-0.4, -0.2) is 23.3 Å². The van der Waals surface area contributed by atoms with Crippen LogP contribution < -0.4 is 19.6 Å². The van der Waals surface area contributed by atoms with E-state index >= 15 is 0 Å². The van der Waals surface area contributed by atoms with Gasteiger partial charge in [-0.1, -0.05) is 80.6 Å². The van der Waals surface area contributed by atoms with Crippen molar-refractivity contribution in [1.82, 2.24) is 0 Å². The van der Waals surface area contributed by atoms with Crippen LogP contribution in [0.4, 0.5) is 0 Å². The van der Waals surface area contributed by atoms with Crippen molar-refractivity contribution in [3.63, 3.8) is 0 Å². The lowest BCUT2D eigenvalue weighted by Gasteiger charge is -2.28. The third-order valence-electron chi connectivity index (χ3n) is 7.74. The highest BCUT2D eigenvalue weighted by molar-refractivity contribution is 5.96. The SMILES string of the molecule is COc1cccc(C2CC(=O)Oc3c(O)c(O)c4c(=O)cc(-c5ccccc5)oc4c32)c1OCc1ccc(C(C)C)cc1. The zero-order valence-electron chi connectivity index (χ0n) is 23.9. The summed E-state index contributed by atoms with van der Waals surface area (Å²) < 4.78 is 23.7. The van der Waals surface area contributed by atoms with E-state index in [1.807, 2.05) is 30.3 Å². The Kier molecular flexibility index (Phi) is 7.27. The topological polar surface area (TPSA) is 115 Å². The largest absolute Gasteiger partial charge is 0.504 e. The number of hydrogen-bond donors (Lipinski definition) is 2. The molecule has 218 valence electrons. The Morgan fingerprint density at radius 2 is 1.67 bits per heavy atom. The Hall–Kier alpha value is -5.24. The quantitative estimate of drug-likeness (QED) is 0.120. The fourth-order valence-electron chi connectivity index (χ4n) is 5.49. The van der Waals surface area contributed by atoms with Crippen molar-refractivity contribution in [2.45, 2.75) is 38.7 Å². The van der Waals surface area contributed by atoms with Gasteiger partial charge in [0.1, 0.15) is 23.3 Å². The number of aromatic hydroxyl groups is 2. The Morgan fingerprint density at radius 3 is 2.37 bits per heavy atom. The van der Waals surface area contributed by atoms with Crippen molar-refractivity contribution < 1.29 is 33.6 Å². The van der Waals surface area contributed by atoms with Crippen molar-refractivity contribution >= 4 is 16.9 Å². The molecule has 0 saturated heterocycles. The summed E-state index contributed by atoms with van der Waals surface area (Å²) in [4.78, 5) is 26.3. The van der Waals surface area contributed by atoms with E-state index in [4.69, 9.17) is 18.6 Å². The van der Waals surface area contributed by atoms with Gasteiger partial charge < -0.3 is 28.8 Å². The fourth-order valence-corrected chi connectivity index (χ4v) is 5.49. The zero-order chi connectivity index (χ0) is 30.2. The fraction of sp³-hybridized carbons (Fsp3) is 0.200. The summed E-state index contributed by atoms with van der Waals surface area (Å²) in [6.07, 6.45) is -0.141.